The Hall–Kier alpha value is -2.90. The first kappa shape index (κ1) is 30.1. The van der Waals surface area contributed by atoms with E-state index in [9.17, 15) is 13.2 Å². The molecule has 0 aliphatic carbocycles. The number of aromatic nitrogens is 3. The van der Waals surface area contributed by atoms with Gasteiger partial charge in [-0.2, -0.15) is 4.31 Å². The minimum absolute atomic E-state index is 0.0435. The SMILES string of the molecule is CCN(CC)S(=O)(=O)c1ccc(NC(=O)CSc2nnc(-c3ccc(Br)cc3)n2-c2ccc(OC)c(Cl)c2)cc1. The number of benzene rings is 3. The van der Waals surface area contributed by atoms with Crippen molar-refractivity contribution >= 4 is 60.9 Å². The van der Waals surface area contributed by atoms with Crippen molar-refractivity contribution in [3.63, 3.8) is 0 Å². The van der Waals surface area contributed by atoms with Crippen LogP contribution in [0, 0.1) is 0 Å². The van der Waals surface area contributed by atoms with Gasteiger partial charge in [0.2, 0.25) is 15.9 Å². The summed E-state index contributed by atoms with van der Waals surface area (Å²) in [6.45, 7) is 4.34. The molecule has 1 aromatic heterocycles. The lowest BCUT2D eigenvalue weighted by Crippen LogP contribution is -2.30. The number of ether oxygens (including phenoxy) is 1. The molecule has 3 aromatic carbocycles. The Kier molecular flexibility index (Phi) is 9.90. The number of carbonyl (C=O) groups is 1. The van der Waals surface area contributed by atoms with Crippen LogP contribution in [0.4, 0.5) is 5.69 Å². The average Bonchev–Trinajstić information content (AvgIpc) is 3.37. The number of amides is 1. The molecule has 4 aromatic rings. The Morgan fingerprint density at radius 2 is 1.73 bits per heavy atom. The monoisotopic (exact) mass is 663 g/mol. The Balaban J connectivity index is 1.54. The molecular formula is C27H27BrClN5O4S2. The number of halogens is 2. The smallest absolute Gasteiger partial charge is 0.243 e. The van der Waals surface area contributed by atoms with Gasteiger partial charge in [-0.3, -0.25) is 9.36 Å². The lowest BCUT2D eigenvalue weighted by Gasteiger charge is -2.18. The normalized spacial score (nSPS) is 11.6. The van der Waals surface area contributed by atoms with E-state index in [-0.39, 0.29) is 16.6 Å². The topological polar surface area (TPSA) is 106 Å². The van der Waals surface area contributed by atoms with Crippen LogP contribution in [0.1, 0.15) is 13.8 Å². The lowest BCUT2D eigenvalue weighted by molar-refractivity contribution is -0.113. The predicted octanol–water partition coefficient (Wildman–Crippen LogP) is 6.12. The van der Waals surface area contributed by atoms with E-state index in [4.69, 9.17) is 16.3 Å². The van der Waals surface area contributed by atoms with Gasteiger partial charge in [0, 0.05) is 28.8 Å². The minimum Gasteiger partial charge on any atom is -0.495 e. The fourth-order valence-corrected chi connectivity index (χ4v) is 6.65. The number of methoxy groups -OCH3 is 1. The van der Waals surface area contributed by atoms with Crippen molar-refractivity contribution < 1.29 is 17.9 Å². The van der Waals surface area contributed by atoms with Gasteiger partial charge in [-0.15, -0.1) is 10.2 Å². The van der Waals surface area contributed by atoms with Gasteiger partial charge < -0.3 is 10.1 Å². The molecule has 0 unspecified atom stereocenters. The van der Waals surface area contributed by atoms with E-state index >= 15 is 0 Å². The molecule has 0 saturated carbocycles. The maximum absolute atomic E-state index is 12.8. The van der Waals surface area contributed by atoms with Crippen molar-refractivity contribution in [3.05, 3.63) is 76.2 Å². The maximum Gasteiger partial charge on any atom is 0.243 e. The maximum atomic E-state index is 12.8. The van der Waals surface area contributed by atoms with Crippen molar-refractivity contribution in [2.45, 2.75) is 23.9 Å². The molecule has 0 atom stereocenters. The van der Waals surface area contributed by atoms with Crippen molar-refractivity contribution in [1.29, 1.82) is 0 Å². The van der Waals surface area contributed by atoms with Gasteiger partial charge in [-0.25, -0.2) is 8.42 Å². The fraction of sp³-hybridized carbons (Fsp3) is 0.222. The summed E-state index contributed by atoms with van der Waals surface area (Å²) in [6.07, 6.45) is 0. The fourth-order valence-electron chi connectivity index (χ4n) is 3.93. The van der Waals surface area contributed by atoms with Crippen LogP contribution in [-0.4, -0.2) is 59.3 Å². The van der Waals surface area contributed by atoms with Gasteiger partial charge in [-0.1, -0.05) is 65.3 Å². The molecular weight excluding hydrogens is 638 g/mol. The highest BCUT2D eigenvalue weighted by atomic mass is 79.9. The van der Waals surface area contributed by atoms with Crippen molar-refractivity contribution in [3.8, 4) is 22.8 Å². The largest absolute Gasteiger partial charge is 0.495 e. The number of nitrogens with zero attached hydrogens (tertiary/aromatic N) is 4. The second kappa shape index (κ2) is 13.2. The number of thioether (sulfide) groups is 1. The number of sulfonamides is 1. The second-order valence-electron chi connectivity index (χ2n) is 8.42. The Morgan fingerprint density at radius 3 is 2.33 bits per heavy atom. The number of anilines is 1. The molecule has 0 aliphatic rings. The van der Waals surface area contributed by atoms with E-state index in [0.717, 1.165) is 10.0 Å². The van der Waals surface area contributed by atoms with Gasteiger partial charge in [-0.05, 0) is 54.6 Å². The number of hydrogen-bond acceptors (Lipinski definition) is 7. The summed E-state index contributed by atoms with van der Waals surface area (Å²) in [7, 11) is -2.03. The molecule has 40 heavy (non-hydrogen) atoms. The number of hydrogen-bond donors (Lipinski definition) is 1. The molecule has 210 valence electrons. The van der Waals surface area contributed by atoms with Gasteiger partial charge in [0.1, 0.15) is 5.75 Å². The first-order chi connectivity index (χ1) is 19.2. The first-order valence-corrected chi connectivity index (χ1v) is 15.9. The minimum atomic E-state index is -3.58. The van der Waals surface area contributed by atoms with E-state index in [1.54, 1.807) is 45.2 Å². The molecule has 0 aliphatic heterocycles. The number of rotatable bonds is 11. The molecule has 1 amide bonds. The third-order valence-electron chi connectivity index (χ3n) is 5.94. The van der Waals surface area contributed by atoms with E-state index in [1.165, 1.54) is 28.2 Å². The van der Waals surface area contributed by atoms with Gasteiger partial charge in [0.15, 0.2) is 11.0 Å². The van der Waals surface area contributed by atoms with E-state index in [1.807, 2.05) is 34.9 Å². The molecule has 0 radical (unpaired) electrons. The molecule has 0 fully saturated rings. The zero-order chi connectivity index (χ0) is 28.9. The quantitative estimate of drug-likeness (QED) is 0.193. The molecule has 4 rings (SSSR count). The molecule has 0 saturated heterocycles. The zero-order valence-corrected chi connectivity index (χ0v) is 25.9. The summed E-state index contributed by atoms with van der Waals surface area (Å²) in [5.41, 5.74) is 2.03. The summed E-state index contributed by atoms with van der Waals surface area (Å²) in [5.74, 6) is 0.883. The van der Waals surface area contributed by atoms with E-state index < -0.39 is 10.0 Å². The highest BCUT2D eigenvalue weighted by molar-refractivity contribution is 9.10. The zero-order valence-electron chi connectivity index (χ0n) is 22.0. The summed E-state index contributed by atoms with van der Waals surface area (Å²) >= 11 is 11.1. The van der Waals surface area contributed by atoms with Gasteiger partial charge >= 0.3 is 0 Å². The molecule has 9 nitrogen and oxygen atoms in total. The van der Waals surface area contributed by atoms with Crippen LogP contribution in [0.3, 0.4) is 0 Å². The van der Waals surface area contributed by atoms with Crippen LogP contribution in [-0.2, 0) is 14.8 Å². The van der Waals surface area contributed by atoms with Crippen molar-refractivity contribution in [2.24, 2.45) is 0 Å². The van der Waals surface area contributed by atoms with Crippen LogP contribution in [0.15, 0.2) is 81.3 Å². The summed E-state index contributed by atoms with van der Waals surface area (Å²) in [6, 6.07) is 19.1. The van der Waals surface area contributed by atoms with Gasteiger partial charge in [0.25, 0.3) is 0 Å². The van der Waals surface area contributed by atoms with Crippen LogP contribution < -0.4 is 10.1 Å². The molecule has 0 bridgehead atoms. The first-order valence-electron chi connectivity index (χ1n) is 12.3. The van der Waals surface area contributed by atoms with Crippen LogP contribution in [0.25, 0.3) is 17.1 Å². The third kappa shape index (κ3) is 6.69. The van der Waals surface area contributed by atoms with Crippen molar-refractivity contribution in [2.75, 3.05) is 31.3 Å². The molecule has 1 N–H and O–H groups in total. The van der Waals surface area contributed by atoms with E-state index in [2.05, 4.69) is 31.4 Å². The standard InChI is InChI=1S/C27H27BrClN5O4S2/c1-4-33(5-2)40(36,37)22-13-10-20(11-14-22)30-25(35)17-39-27-32-31-26(18-6-8-19(28)9-7-18)34(27)21-12-15-24(38-3)23(29)16-21/h6-16H,4-5,17H2,1-3H3,(H,30,35). The summed E-state index contributed by atoms with van der Waals surface area (Å²) in [5, 5.41) is 12.5. The average molecular weight is 665 g/mol. The number of nitrogens with one attached hydrogen (secondary N) is 1. The van der Waals surface area contributed by atoms with Crippen LogP contribution >= 0.6 is 39.3 Å². The second-order valence-corrected chi connectivity index (χ2v) is 12.6. The third-order valence-corrected chi connectivity index (χ3v) is 9.76. The van der Waals surface area contributed by atoms with Crippen LogP contribution in [0.2, 0.25) is 5.02 Å². The van der Waals surface area contributed by atoms with Crippen molar-refractivity contribution in [1.82, 2.24) is 19.1 Å². The van der Waals surface area contributed by atoms with E-state index in [0.29, 0.717) is 46.2 Å². The highest BCUT2D eigenvalue weighted by Gasteiger charge is 2.22. The Labute approximate surface area is 251 Å². The molecule has 1 heterocycles. The predicted molar refractivity (Wildman–Crippen MR) is 162 cm³/mol. The summed E-state index contributed by atoms with van der Waals surface area (Å²) in [4.78, 5) is 13.0. The lowest BCUT2D eigenvalue weighted by atomic mass is 10.2. The highest BCUT2D eigenvalue weighted by Crippen LogP contribution is 2.33. The van der Waals surface area contributed by atoms with Gasteiger partial charge in [0.05, 0.1) is 28.5 Å². The molecule has 0 spiro atoms. The molecule has 13 heteroatoms. The summed E-state index contributed by atoms with van der Waals surface area (Å²) < 4.78 is 34.9. The Bertz CT molecular complexity index is 1590. The number of carbonyl (C=O) groups excluding carboxylic acids is 1. The van der Waals surface area contributed by atoms with Crippen LogP contribution in [0.5, 0.6) is 5.75 Å². The Morgan fingerprint density at radius 1 is 1.05 bits per heavy atom.